The first kappa shape index (κ1) is 14.5. The third-order valence-electron chi connectivity index (χ3n) is 3.21. The molecule has 0 radical (unpaired) electrons. The Kier molecular flexibility index (Phi) is 4.74. The first-order chi connectivity index (χ1) is 9.60. The van der Waals surface area contributed by atoms with E-state index >= 15 is 0 Å². The molecule has 1 heterocycles. The summed E-state index contributed by atoms with van der Waals surface area (Å²) in [4.78, 5) is 4.35. The van der Waals surface area contributed by atoms with Crippen molar-refractivity contribution in [2.24, 2.45) is 0 Å². The SMILES string of the molecule is CCNCc1cnc(C)cc1Oc1cc(C)ccc1C. The van der Waals surface area contributed by atoms with Crippen molar-refractivity contribution in [1.82, 2.24) is 10.3 Å². The molecular weight excluding hydrogens is 248 g/mol. The van der Waals surface area contributed by atoms with Crippen molar-refractivity contribution in [2.45, 2.75) is 34.2 Å². The number of rotatable bonds is 5. The van der Waals surface area contributed by atoms with Crippen LogP contribution in [-0.4, -0.2) is 11.5 Å². The highest BCUT2D eigenvalue weighted by molar-refractivity contribution is 5.42. The lowest BCUT2D eigenvalue weighted by Gasteiger charge is -2.14. The number of aryl methyl sites for hydroxylation is 3. The highest BCUT2D eigenvalue weighted by Crippen LogP contribution is 2.29. The van der Waals surface area contributed by atoms with Gasteiger partial charge in [0.2, 0.25) is 0 Å². The fourth-order valence-electron chi connectivity index (χ4n) is 1.99. The first-order valence-corrected chi connectivity index (χ1v) is 7.01. The van der Waals surface area contributed by atoms with Crippen molar-refractivity contribution in [3.8, 4) is 11.5 Å². The molecule has 0 amide bonds. The van der Waals surface area contributed by atoms with Gasteiger partial charge in [0.25, 0.3) is 0 Å². The number of pyridine rings is 1. The maximum absolute atomic E-state index is 6.12. The van der Waals surface area contributed by atoms with Crippen molar-refractivity contribution in [2.75, 3.05) is 6.54 Å². The van der Waals surface area contributed by atoms with E-state index in [9.17, 15) is 0 Å². The molecule has 106 valence electrons. The molecule has 0 fully saturated rings. The largest absolute Gasteiger partial charge is 0.457 e. The van der Waals surface area contributed by atoms with Gasteiger partial charge in [-0.15, -0.1) is 0 Å². The second-order valence-corrected chi connectivity index (χ2v) is 5.08. The van der Waals surface area contributed by atoms with Crippen molar-refractivity contribution >= 4 is 0 Å². The van der Waals surface area contributed by atoms with Crippen LogP contribution in [0.5, 0.6) is 11.5 Å². The van der Waals surface area contributed by atoms with Gasteiger partial charge in [0.05, 0.1) is 0 Å². The van der Waals surface area contributed by atoms with Crippen LogP contribution < -0.4 is 10.1 Å². The van der Waals surface area contributed by atoms with Crippen molar-refractivity contribution in [3.63, 3.8) is 0 Å². The summed E-state index contributed by atoms with van der Waals surface area (Å²) in [7, 11) is 0. The first-order valence-electron chi connectivity index (χ1n) is 7.01. The van der Waals surface area contributed by atoms with Crippen LogP contribution in [0.4, 0.5) is 0 Å². The highest BCUT2D eigenvalue weighted by Gasteiger charge is 2.08. The smallest absolute Gasteiger partial charge is 0.135 e. The average Bonchev–Trinajstić information content (AvgIpc) is 2.42. The minimum atomic E-state index is 0.768. The molecule has 1 aromatic carbocycles. The Morgan fingerprint density at radius 2 is 1.90 bits per heavy atom. The number of hydrogen-bond acceptors (Lipinski definition) is 3. The Hall–Kier alpha value is -1.87. The standard InChI is InChI=1S/C17H22N2O/c1-5-18-10-15-11-19-14(4)9-17(15)20-16-8-12(2)6-7-13(16)3/h6-9,11,18H,5,10H2,1-4H3. The van der Waals surface area contributed by atoms with Crippen LogP contribution in [0.15, 0.2) is 30.5 Å². The van der Waals surface area contributed by atoms with Gasteiger partial charge in [-0.3, -0.25) is 4.98 Å². The van der Waals surface area contributed by atoms with Crippen molar-refractivity contribution < 1.29 is 4.74 Å². The molecule has 3 heteroatoms. The van der Waals surface area contributed by atoms with E-state index in [1.54, 1.807) is 0 Å². The summed E-state index contributed by atoms with van der Waals surface area (Å²) < 4.78 is 6.12. The number of nitrogens with zero attached hydrogens (tertiary/aromatic N) is 1. The molecule has 3 nitrogen and oxygen atoms in total. The summed E-state index contributed by atoms with van der Waals surface area (Å²) in [5.41, 5.74) is 4.38. The maximum Gasteiger partial charge on any atom is 0.135 e. The molecule has 0 atom stereocenters. The zero-order chi connectivity index (χ0) is 14.5. The Labute approximate surface area is 121 Å². The van der Waals surface area contributed by atoms with Crippen LogP contribution in [0.2, 0.25) is 0 Å². The number of hydrogen-bond donors (Lipinski definition) is 1. The molecule has 2 aromatic rings. The summed E-state index contributed by atoms with van der Waals surface area (Å²) >= 11 is 0. The van der Waals surface area contributed by atoms with Gasteiger partial charge in [-0.05, 0) is 44.5 Å². The lowest BCUT2D eigenvalue weighted by molar-refractivity contribution is 0.467. The van der Waals surface area contributed by atoms with Gasteiger partial charge in [-0.25, -0.2) is 0 Å². The molecule has 20 heavy (non-hydrogen) atoms. The predicted molar refractivity (Wildman–Crippen MR) is 82.3 cm³/mol. The minimum Gasteiger partial charge on any atom is -0.457 e. The van der Waals surface area contributed by atoms with Gasteiger partial charge >= 0.3 is 0 Å². The summed E-state index contributed by atoms with van der Waals surface area (Å²) in [6, 6.07) is 8.25. The molecular formula is C17H22N2O. The molecule has 0 saturated carbocycles. The van der Waals surface area contributed by atoms with Gasteiger partial charge in [-0.2, -0.15) is 0 Å². The van der Waals surface area contributed by atoms with Crippen molar-refractivity contribution in [3.05, 3.63) is 52.8 Å². The zero-order valence-electron chi connectivity index (χ0n) is 12.7. The molecule has 0 saturated heterocycles. The second kappa shape index (κ2) is 6.53. The zero-order valence-corrected chi connectivity index (χ0v) is 12.7. The minimum absolute atomic E-state index is 0.768. The molecule has 0 unspecified atom stereocenters. The van der Waals surface area contributed by atoms with E-state index < -0.39 is 0 Å². The third-order valence-corrected chi connectivity index (χ3v) is 3.21. The maximum atomic E-state index is 6.12. The van der Waals surface area contributed by atoms with Crippen LogP contribution in [0.1, 0.15) is 29.3 Å². The summed E-state index contributed by atoms with van der Waals surface area (Å²) in [5, 5.41) is 3.32. The van der Waals surface area contributed by atoms with E-state index in [1.165, 1.54) is 5.56 Å². The van der Waals surface area contributed by atoms with E-state index in [4.69, 9.17) is 4.74 Å². The molecule has 0 aliphatic heterocycles. The van der Waals surface area contributed by atoms with Gasteiger partial charge in [0.15, 0.2) is 0 Å². The van der Waals surface area contributed by atoms with Crippen LogP contribution in [0, 0.1) is 20.8 Å². The van der Waals surface area contributed by atoms with Gasteiger partial charge in [0.1, 0.15) is 11.5 Å². The topological polar surface area (TPSA) is 34.2 Å². The summed E-state index contributed by atoms with van der Waals surface area (Å²) in [6.07, 6.45) is 1.89. The van der Waals surface area contributed by atoms with E-state index in [0.717, 1.165) is 41.4 Å². The Balaban J connectivity index is 2.31. The van der Waals surface area contributed by atoms with E-state index in [1.807, 2.05) is 19.2 Å². The van der Waals surface area contributed by atoms with E-state index in [0.29, 0.717) is 0 Å². The van der Waals surface area contributed by atoms with Crippen LogP contribution in [0.25, 0.3) is 0 Å². The molecule has 0 bridgehead atoms. The van der Waals surface area contributed by atoms with Gasteiger partial charge < -0.3 is 10.1 Å². The average molecular weight is 270 g/mol. The van der Waals surface area contributed by atoms with E-state index in [2.05, 4.69) is 49.3 Å². The van der Waals surface area contributed by atoms with E-state index in [-0.39, 0.29) is 0 Å². The molecule has 0 aliphatic carbocycles. The number of aromatic nitrogens is 1. The monoisotopic (exact) mass is 270 g/mol. The van der Waals surface area contributed by atoms with Crippen LogP contribution >= 0.6 is 0 Å². The lowest BCUT2D eigenvalue weighted by Crippen LogP contribution is -2.13. The number of benzene rings is 1. The summed E-state index contributed by atoms with van der Waals surface area (Å²) in [5.74, 6) is 1.79. The highest BCUT2D eigenvalue weighted by atomic mass is 16.5. The normalized spacial score (nSPS) is 10.6. The Morgan fingerprint density at radius 1 is 1.10 bits per heavy atom. The fourth-order valence-corrected chi connectivity index (χ4v) is 1.99. The molecule has 1 aromatic heterocycles. The van der Waals surface area contributed by atoms with Gasteiger partial charge in [-0.1, -0.05) is 19.1 Å². The Bertz CT molecular complexity index is 594. The van der Waals surface area contributed by atoms with Crippen LogP contribution in [0.3, 0.4) is 0 Å². The van der Waals surface area contributed by atoms with Gasteiger partial charge in [0, 0.05) is 30.1 Å². The lowest BCUT2D eigenvalue weighted by atomic mass is 10.1. The molecule has 1 N–H and O–H groups in total. The molecule has 0 spiro atoms. The number of ether oxygens (including phenoxy) is 1. The third kappa shape index (κ3) is 3.58. The molecule has 2 rings (SSSR count). The van der Waals surface area contributed by atoms with Crippen molar-refractivity contribution in [1.29, 1.82) is 0 Å². The fraction of sp³-hybridized carbons (Fsp3) is 0.353. The second-order valence-electron chi connectivity index (χ2n) is 5.08. The van der Waals surface area contributed by atoms with Crippen LogP contribution in [-0.2, 0) is 6.54 Å². The Morgan fingerprint density at radius 3 is 2.65 bits per heavy atom. The number of nitrogens with one attached hydrogen (secondary N) is 1. The quantitative estimate of drug-likeness (QED) is 0.894. The molecule has 0 aliphatic rings. The predicted octanol–water partition coefficient (Wildman–Crippen LogP) is 3.91. The summed E-state index contributed by atoms with van der Waals surface area (Å²) in [6.45, 7) is 9.90.